The summed E-state index contributed by atoms with van der Waals surface area (Å²) in [7, 11) is -3.21. The summed E-state index contributed by atoms with van der Waals surface area (Å²) < 4.78 is 36.5. The normalized spacial score (nSPS) is 10.3. The van der Waals surface area contributed by atoms with Gasteiger partial charge in [0, 0.05) is 6.42 Å². The van der Waals surface area contributed by atoms with Gasteiger partial charge in [-0.1, -0.05) is 6.07 Å². The maximum atomic E-state index is 10.3. The molecule has 4 N–H and O–H groups in total. The average Bonchev–Trinajstić information content (AvgIpc) is 2.25. The smallest absolute Gasteiger partial charge is 0.394 e. The van der Waals surface area contributed by atoms with E-state index in [2.05, 4.69) is 0 Å². The van der Waals surface area contributed by atoms with Crippen molar-refractivity contribution >= 4 is 16.4 Å². The number of carboxylic acids is 1. The molecule has 0 heterocycles. The maximum Gasteiger partial charge on any atom is 0.394 e. The zero-order valence-electron chi connectivity index (χ0n) is 9.98. The molecule has 19 heavy (non-hydrogen) atoms. The highest BCUT2D eigenvalue weighted by molar-refractivity contribution is 7.79. The number of carbonyl (C=O) groups is 1. The summed E-state index contributed by atoms with van der Waals surface area (Å²) >= 11 is 0. The molecule has 9 heteroatoms. The number of hydrogen-bond acceptors (Lipinski definition) is 5. The van der Waals surface area contributed by atoms with Gasteiger partial charge in [0.15, 0.2) is 11.5 Å². The topological polar surface area (TPSA) is 141 Å². The van der Waals surface area contributed by atoms with Gasteiger partial charge in [-0.2, -0.15) is 8.42 Å². The number of methoxy groups -OCH3 is 1. The molecule has 108 valence electrons. The predicted molar refractivity (Wildman–Crippen MR) is 64.8 cm³/mol. The van der Waals surface area contributed by atoms with E-state index in [1.54, 1.807) is 12.1 Å². The van der Waals surface area contributed by atoms with E-state index in [4.69, 9.17) is 27.4 Å². The van der Waals surface area contributed by atoms with Gasteiger partial charge in [0.1, 0.15) is 0 Å². The van der Waals surface area contributed by atoms with E-state index in [9.17, 15) is 9.90 Å². The molecule has 0 atom stereocenters. The Balaban J connectivity index is 0.000000555. The monoisotopic (exact) mass is 294 g/mol. The Morgan fingerprint density at radius 2 is 1.84 bits per heavy atom. The number of aliphatic carboxylic acids is 1. The van der Waals surface area contributed by atoms with Gasteiger partial charge in [0.2, 0.25) is 0 Å². The molecular weight excluding hydrogens is 280 g/mol. The van der Waals surface area contributed by atoms with Gasteiger partial charge >= 0.3 is 16.4 Å². The van der Waals surface area contributed by atoms with Gasteiger partial charge in [-0.3, -0.25) is 13.9 Å². The zero-order chi connectivity index (χ0) is 15.1. The van der Waals surface area contributed by atoms with Crippen LogP contribution in [0.4, 0.5) is 0 Å². The van der Waals surface area contributed by atoms with Gasteiger partial charge in [0.05, 0.1) is 7.11 Å². The number of phenolic OH excluding ortho intramolecular Hbond substituents is 1. The molecule has 0 aliphatic carbocycles. The summed E-state index contributed by atoms with van der Waals surface area (Å²) in [6, 6.07) is 4.81. The van der Waals surface area contributed by atoms with E-state index in [0.717, 1.165) is 5.56 Å². The lowest BCUT2D eigenvalue weighted by Crippen LogP contribution is -1.97. The van der Waals surface area contributed by atoms with Crippen molar-refractivity contribution in [2.24, 2.45) is 0 Å². The molecule has 0 radical (unpaired) electrons. The van der Waals surface area contributed by atoms with Crippen LogP contribution in [0.5, 0.6) is 11.5 Å². The third-order valence-electron chi connectivity index (χ3n) is 1.87. The first-order chi connectivity index (χ1) is 8.63. The lowest BCUT2D eigenvalue weighted by atomic mass is 10.1. The predicted octanol–water partition coefficient (Wildman–Crippen LogP) is 0.765. The Morgan fingerprint density at radius 1 is 1.32 bits per heavy atom. The molecule has 1 rings (SSSR count). The van der Waals surface area contributed by atoms with Crippen molar-refractivity contribution in [3.8, 4) is 11.5 Å². The fourth-order valence-corrected chi connectivity index (χ4v) is 1.13. The summed E-state index contributed by atoms with van der Waals surface area (Å²) in [5, 5.41) is 17.7. The standard InChI is InChI=1S/C10H12O4.H2O4S/c1-14-9-6-7(2-4-8(9)11)3-5-10(12)13;1-5(2,3)4/h2,4,6,11H,3,5H2,1H3,(H,12,13);(H2,1,2,3,4). The molecular formula is C10H14O8S. The number of ether oxygens (including phenoxy) is 1. The van der Waals surface area contributed by atoms with E-state index in [-0.39, 0.29) is 12.2 Å². The van der Waals surface area contributed by atoms with Crippen LogP contribution in [0.2, 0.25) is 0 Å². The fraction of sp³-hybridized carbons (Fsp3) is 0.300. The fourth-order valence-electron chi connectivity index (χ4n) is 1.13. The van der Waals surface area contributed by atoms with Crippen molar-refractivity contribution in [2.75, 3.05) is 7.11 Å². The average molecular weight is 294 g/mol. The van der Waals surface area contributed by atoms with E-state index in [0.29, 0.717) is 12.2 Å². The minimum Gasteiger partial charge on any atom is -0.504 e. The lowest BCUT2D eigenvalue weighted by Gasteiger charge is -2.05. The first kappa shape index (κ1) is 17.2. The molecule has 0 unspecified atom stereocenters. The number of aryl methyl sites for hydroxylation is 1. The third kappa shape index (κ3) is 9.83. The van der Waals surface area contributed by atoms with E-state index >= 15 is 0 Å². The zero-order valence-corrected chi connectivity index (χ0v) is 10.8. The molecule has 0 aromatic heterocycles. The molecule has 0 spiro atoms. The Bertz CT molecular complexity index is 514. The summed E-state index contributed by atoms with van der Waals surface area (Å²) in [4.78, 5) is 10.3. The summed E-state index contributed by atoms with van der Waals surface area (Å²) in [6.07, 6.45) is 0.514. The molecule has 0 amide bonds. The molecule has 1 aromatic carbocycles. The highest BCUT2D eigenvalue weighted by Crippen LogP contribution is 2.26. The van der Waals surface area contributed by atoms with Gasteiger partial charge in [-0.15, -0.1) is 0 Å². The van der Waals surface area contributed by atoms with Crippen LogP contribution in [0.3, 0.4) is 0 Å². The molecule has 1 aromatic rings. The molecule has 0 saturated carbocycles. The van der Waals surface area contributed by atoms with Crippen LogP contribution in [0.15, 0.2) is 18.2 Å². The van der Waals surface area contributed by atoms with Crippen LogP contribution in [-0.4, -0.2) is 40.8 Å². The summed E-state index contributed by atoms with van der Waals surface area (Å²) in [5.41, 5.74) is 0.835. The Hall–Kier alpha value is -1.84. The van der Waals surface area contributed by atoms with Crippen LogP contribution in [0.1, 0.15) is 12.0 Å². The SMILES string of the molecule is COc1cc(CCC(=O)O)ccc1O.O=S(=O)(O)O. The van der Waals surface area contributed by atoms with Crippen molar-refractivity contribution < 1.29 is 37.3 Å². The second-order valence-corrected chi connectivity index (χ2v) is 4.24. The molecule has 0 bridgehead atoms. The van der Waals surface area contributed by atoms with Crippen molar-refractivity contribution in [2.45, 2.75) is 12.8 Å². The second-order valence-electron chi connectivity index (χ2n) is 3.35. The third-order valence-corrected chi connectivity index (χ3v) is 1.87. The highest BCUT2D eigenvalue weighted by Gasteiger charge is 2.04. The van der Waals surface area contributed by atoms with E-state index in [1.165, 1.54) is 13.2 Å². The first-order valence-electron chi connectivity index (χ1n) is 4.91. The van der Waals surface area contributed by atoms with Crippen LogP contribution in [-0.2, 0) is 21.6 Å². The molecule has 8 nitrogen and oxygen atoms in total. The van der Waals surface area contributed by atoms with Crippen molar-refractivity contribution in [1.29, 1.82) is 0 Å². The van der Waals surface area contributed by atoms with E-state index in [1.807, 2.05) is 0 Å². The highest BCUT2D eigenvalue weighted by atomic mass is 32.3. The number of aromatic hydroxyl groups is 1. The molecule has 0 saturated heterocycles. The van der Waals surface area contributed by atoms with E-state index < -0.39 is 16.4 Å². The molecule has 0 fully saturated rings. The summed E-state index contributed by atoms with van der Waals surface area (Å²) in [5.74, 6) is -0.406. The first-order valence-corrected chi connectivity index (χ1v) is 6.30. The van der Waals surface area contributed by atoms with Gasteiger partial charge < -0.3 is 14.9 Å². The van der Waals surface area contributed by atoms with Crippen molar-refractivity contribution in [3.05, 3.63) is 23.8 Å². The Kier molecular flexibility index (Phi) is 6.83. The maximum absolute atomic E-state index is 10.3. The van der Waals surface area contributed by atoms with Gasteiger partial charge in [-0.25, -0.2) is 0 Å². The summed E-state index contributed by atoms with van der Waals surface area (Å²) in [6.45, 7) is 0. The Morgan fingerprint density at radius 3 is 2.26 bits per heavy atom. The second kappa shape index (κ2) is 7.56. The number of carboxylic acid groups (broad SMARTS) is 1. The number of rotatable bonds is 4. The number of phenols is 1. The minimum atomic E-state index is -4.67. The van der Waals surface area contributed by atoms with Crippen molar-refractivity contribution in [1.82, 2.24) is 0 Å². The quantitative estimate of drug-likeness (QED) is 0.596. The minimum absolute atomic E-state index is 0.0616. The Labute approximate surface area is 109 Å². The number of benzene rings is 1. The van der Waals surface area contributed by atoms with Crippen LogP contribution in [0, 0.1) is 0 Å². The van der Waals surface area contributed by atoms with Crippen LogP contribution in [0.25, 0.3) is 0 Å². The van der Waals surface area contributed by atoms with Crippen LogP contribution < -0.4 is 4.74 Å². The lowest BCUT2D eigenvalue weighted by molar-refractivity contribution is -0.136. The molecule has 0 aliphatic rings. The molecule has 0 aliphatic heterocycles. The van der Waals surface area contributed by atoms with Crippen LogP contribution >= 0.6 is 0 Å². The van der Waals surface area contributed by atoms with Crippen molar-refractivity contribution in [3.63, 3.8) is 0 Å². The van der Waals surface area contributed by atoms with Gasteiger partial charge in [-0.05, 0) is 24.1 Å². The largest absolute Gasteiger partial charge is 0.504 e. The number of hydrogen-bond donors (Lipinski definition) is 4. The van der Waals surface area contributed by atoms with Gasteiger partial charge in [0.25, 0.3) is 0 Å².